The molecule has 2 aromatic carbocycles. The molecule has 2 fully saturated rings. The molecule has 0 aromatic heterocycles. The number of amides is 2. The average Bonchev–Trinajstić information content (AvgIpc) is 3.35. The predicted octanol–water partition coefficient (Wildman–Crippen LogP) is 4.03. The van der Waals surface area contributed by atoms with Crippen LogP contribution in [-0.4, -0.2) is 55.1 Å². The van der Waals surface area contributed by atoms with Gasteiger partial charge in [-0.3, -0.25) is 9.80 Å². The third-order valence-electron chi connectivity index (χ3n) is 6.73. The summed E-state index contributed by atoms with van der Waals surface area (Å²) in [6.45, 7) is 6.89. The number of carbonyl (C=O) groups is 1. The maximum atomic E-state index is 12.5. The molecule has 5 nitrogen and oxygen atoms in total. The number of likely N-dealkylation sites (tertiary alicyclic amines) is 2. The van der Waals surface area contributed by atoms with Gasteiger partial charge in [0.05, 0.1) is 6.04 Å². The van der Waals surface area contributed by atoms with Gasteiger partial charge in [0.2, 0.25) is 0 Å². The lowest BCUT2D eigenvalue weighted by atomic mass is 9.96. The highest BCUT2D eigenvalue weighted by Crippen LogP contribution is 2.24. The Balaban J connectivity index is 1.18. The number of benzene rings is 2. The first-order valence-corrected chi connectivity index (χ1v) is 11.8. The van der Waals surface area contributed by atoms with Gasteiger partial charge in [0.25, 0.3) is 0 Å². The van der Waals surface area contributed by atoms with E-state index in [9.17, 15) is 4.79 Å². The van der Waals surface area contributed by atoms with Crippen molar-refractivity contribution >= 4 is 6.03 Å². The van der Waals surface area contributed by atoms with E-state index in [1.807, 2.05) is 0 Å². The van der Waals surface area contributed by atoms with Gasteiger partial charge in [-0.2, -0.15) is 0 Å². The van der Waals surface area contributed by atoms with Crippen molar-refractivity contribution < 1.29 is 4.79 Å². The Labute approximate surface area is 186 Å². The molecule has 0 bridgehead atoms. The Bertz CT molecular complexity index is 784. The molecule has 1 atom stereocenters. The SMILES string of the molecule is O=C(NCC1CCN(Cc2ccccc2)CC1)NCC(c1ccccc1)N1CCCC1. The van der Waals surface area contributed by atoms with Crippen LogP contribution in [0.4, 0.5) is 4.79 Å². The zero-order valence-corrected chi connectivity index (χ0v) is 18.5. The number of nitrogens with one attached hydrogen (secondary N) is 2. The van der Waals surface area contributed by atoms with Crippen molar-refractivity contribution in [3.8, 4) is 0 Å². The van der Waals surface area contributed by atoms with Gasteiger partial charge in [0.1, 0.15) is 0 Å². The van der Waals surface area contributed by atoms with Crippen molar-refractivity contribution in [1.29, 1.82) is 0 Å². The van der Waals surface area contributed by atoms with Crippen molar-refractivity contribution in [3.63, 3.8) is 0 Å². The molecule has 2 aliphatic heterocycles. The maximum absolute atomic E-state index is 12.5. The molecule has 0 spiro atoms. The summed E-state index contributed by atoms with van der Waals surface area (Å²) in [5, 5.41) is 6.26. The molecule has 5 heteroatoms. The molecule has 0 radical (unpaired) electrons. The van der Waals surface area contributed by atoms with Gasteiger partial charge in [0, 0.05) is 19.6 Å². The van der Waals surface area contributed by atoms with Crippen molar-refractivity contribution in [3.05, 3.63) is 71.8 Å². The van der Waals surface area contributed by atoms with Gasteiger partial charge < -0.3 is 10.6 Å². The highest BCUT2D eigenvalue weighted by Gasteiger charge is 2.24. The Kier molecular flexibility index (Phi) is 7.97. The topological polar surface area (TPSA) is 47.6 Å². The first kappa shape index (κ1) is 21.8. The Morgan fingerprint density at radius 3 is 2.19 bits per heavy atom. The second kappa shape index (κ2) is 11.3. The molecule has 0 saturated carbocycles. The minimum absolute atomic E-state index is 0.0353. The molecular formula is C26H36N4O. The molecule has 1 unspecified atom stereocenters. The Hall–Kier alpha value is -2.37. The molecule has 2 amide bonds. The van der Waals surface area contributed by atoms with Crippen molar-refractivity contribution in [2.45, 2.75) is 38.3 Å². The first-order chi connectivity index (χ1) is 15.3. The number of nitrogens with zero attached hydrogens (tertiary/aromatic N) is 2. The molecule has 166 valence electrons. The summed E-state index contributed by atoms with van der Waals surface area (Å²) in [5.74, 6) is 0.571. The zero-order chi connectivity index (χ0) is 21.3. The van der Waals surface area contributed by atoms with Gasteiger partial charge in [-0.1, -0.05) is 60.7 Å². The predicted molar refractivity (Wildman–Crippen MR) is 126 cm³/mol. The number of carbonyl (C=O) groups excluding carboxylic acids is 1. The smallest absolute Gasteiger partial charge is 0.314 e. The quantitative estimate of drug-likeness (QED) is 0.678. The largest absolute Gasteiger partial charge is 0.338 e. The fourth-order valence-corrected chi connectivity index (χ4v) is 4.87. The van der Waals surface area contributed by atoms with Crippen molar-refractivity contribution in [2.75, 3.05) is 39.3 Å². The van der Waals surface area contributed by atoms with E-state index in [1.54, 1.807) is 0 Å². The normalized spacial score (nSPS) is 19.2. The molecule has 2 saturated heterocycles. The second-order valence-electron chi connectivity index (χ2n) is 8.97. The third kappa shape index (κ3) is 6.55. The van der Waals surface area contributed by atoms with Crippen LogP contribution in [0.15, 0.2) is 60.7 Å². The molecule has 4 rings (SSSR count). The molecule has 2 N–H and O–H groups in total. The number of urea groups is 1. The van der Waals surface area contributed by atoms with Gasteiger partial charge in [0.15, 0.2) is 0 Å². The van der Waals surface area contributed by atoms with Crippen LogP contribution in [0.2, 0.25) is 0 Å². The van der Waals surface area contributed by atoms with Crippen LogP contribution in [0.3, 0.4) is 0 Å². The Morgan fingerprint density at radius 1 is 0.871 bits per heavy atom. The van der Waals surface area contributed by atoms with E-state index >= 15 is 0 Å². The molecular weight excluding hydrogens is 384 g/mol. The Morgan fingerprint density at radius 2 is 1.52 bits per heavy atom. The van der Waals surface area contributed by atoms with Crippen LogP contribution in [0.5, 0.6) is 0 Å². The van der Waals surface area contributed by atoms with Gasteiger partial charge >= 0.3 is 6.03 Å². The fourth-order valence-electron chi connectivity index (χ4n) is 4.87. The summed E-state index contributed by atoms with van der Waals surface area (Å²) in [7, 11) is 0. The first-order valence-electron chi connectivity index (χ1n) is 11.8. The van der Waals surface area contributed by atoms with Crippen molar-refractivity contribution in [1.82, 2.24) is 20.4 Å². The van der Waals surface area contributed by atoms with Crippen LogP contribution in [0, 0.1) is 5.92 Å². The summed E-state index contributed by atoms with van der Waals surface area (Å²) < 4.78 is 0. The monoisotopic (exact) mass is 420 g/mol. The summed E-state index contributed by atoms with van der Waals surface area (Å²) in [6, 6.07) is 21.5. The summed E-state index contributed by atoms with van der Waals surface area (Å²) in [5.41, 5.74) is 2.67. The van der Waals surface area contributed by atoms with Crippen LogP contribution >= 0.6 is 0 Å². The molecule has 0 aliphatic carbocycles. The van der Waals surface area contributed by atoms with Crippen LogP contribution < -0.4 is 10.6 Å². The number of rotatable bonds is 8. The van der Waals surface area contributed by atoms with Gasteiger partial charge in [-0.05, 0) is 68.9 Å². The van der Waals surface area contributed by atoms with E-state index in [2.05, 4.69) is 81.1 Å². The second-order valence-corrected chi connectivity index (χ2v) is 8.97. The van der Waals surface area contributed by atoms with Gasteiger partial charge in [-0.25, -0.2) is 4.79 Å². The van der Waals surface area contributed by atoms with E-state index in [0.717, 1.165) is 52.1 Å². The van der Waals surface area contributed by atoms with E-state index < -0.39 is 0 Å². The lowest BCUT2D eigenvalue weighted by Crippen LogP contribution is -2.44. The third-order valence-corrected chi connectivity index (χ3v) is 6.73. The summed E-state index contributed by atoms with van der Waals surface area (Å²) >= 11 is 0. The lowest BCUT2D eigenvalue weighted by molar-refractivity contribution is 0.174. The lowest BCUT2D eigenvalue weighted by Gasteiger charge is -2.32. The summed E-state index contributed by atoms with van der Waals surface area (Å²) in [6.07, 6.45) is 4.79. The number of hydrogen-bond acceptors (Lipinski definition) is 3. The minimum atomic E-state index is -0.0353. The molecule has 2 aromatic rings. The number of piperidine rings is 1. The minimum Gasteiger partial charge on any atom is -0.338 e. The van der Waals surface area contributed by atoms with Crippen molar-refractivity contribution in [2.24, 2.45) is 5.92 Å². The highest BCUT2D eigenvalue weighted by atomic mass is 16.2. The standard InChI is InChI=1S/C26H36N4O/c31-26(28-20-25(30-15-7-8-16-30)24-11-5-2-6-12-24)27-19-22-13-17-29(18-14-22)21-23-9-3-1-4-10-23/h1-6,9-12,22,25H,7-8,13-21H2,(H2,27,28,31). The van der Waals surface area contributed by atoms with E-state index in [-0.39, 0.29) is 12.1 Å². The highest BCUT2D eigenvalue weighted by molar-refractivity contribution is 5.73. The van der Waals surface area contributed by atoms with Gasteiger partial charge in [-0.15, -0.1) is 0 Å². The van der Waals surface area contributed by atoms with E-state index in [4.69, 9.17) is 0 Å². The van der Waals surface area contributed by atoms with Crippen LogP contribution in [0.1, 0.15) is 42.9 Å². The van der Waals surface area contributed by atoms with E-state index in [1.165, 1.54) is 24.0 Å². The molecule has 31 heavy (non-hydrogen) atoms. The molecule has 2 aliphatic rings. The number of hydrogen-bond donors (Lipinski definition) is 2. The van der Waals surface area contributed by atoms with Crippen LogP contribution in [-0.2, 0) is 6.54 Å². The van der Waals surface area contributed by atoms with Crippen LogP contribution in [0.25, 0.3) is 0 Å². The fraction of sp³-hybridized carbons (Fsp3) is 0.500. The van der Waals surface area contributed by atoms with E-state index in [0.29, 0.717) is 12.5 Å². The average molecular weight is 421 g/mol. The zero-order valence-electron chi connectivity index (χ0n) is 18.5. The summed E-state index contributed by atoms with van der Waals surface area (Å²) in [4.78, 5) is 17.5. The molecule has 2 heterocycles. The maximum Gasteiger partial charge on any atom is 0.314 e.